The van der Waals surface area contributed by atoms with Crippen LogP contribution in [0.2, 0.25) is 0 Å². The molecule has 0 N–H and O–H groups in total. The van der Waals surface area contributed by atoms with E-state index >= 15 is 0 Å². The minimum atomic E-state index is -0.504. The zero-order valence-electron chi connectivity index (χ0n) is 17.6. The molecule has 0 spiro atoms. The molecule has 1 unspecified atom stereocenters. The summed E-state index contributed by atoms with van der Waals surface area (Å²) in [5, 5.41) is 9.05. The van der Waals surface area contributed by atoms with Crippen molar-refractivity contribution in [3.8, 4) is 5.82 Å². The van der Waals surface area contributed by atoms with Crippen molar-refractivity contribution in [2.45, 2.75) is 77.2 Å². The van der Waals surface area contributed by atoms with Gasteiger partial charge in [0.1, 0.15) is 5.60 Å². The van der Waals surface area contributed by atoms with E-state index < -0.39 is 5.60 Å². The quantitative estimate of drug-likeness (QED) is 0.769. The van der Waals surface area contributed by atoms with Crippen LogP contribution in [0.5, 0.6) is 0 Å². The molecule has 2 aromatic rings. The summed E-state index contributed by atoms with van der Waals surface area (Å²) in [6, 6.07) is 1.93. The minimum Gasteiger partial charge on any atom is -0.444 e. The van der Waals surface area contributed by atoms with E-state index in [4.69, 9.17) is 9.47 Å². The van der Waals surface area contributed by atoms with Crippen LogP contribution < -0.4 is 0 Å². The highest BCUT2D eigenvalue weighted by Crippen LogP contribution is 2.33. The molecule has 0 aromatic carbocycles. The highest BCUT2D eigenvalue weighted by Gasteiger charge is 2.32. The Morgan fingerprint density at radius 3 is 2.76 bits per heavy atom. The molecule has 0 saturated carbocycles. The first-order valence-corrected chi connectivity index (χ1v) is 10.6. The van der Waals surface area contributed by atoms with Crippen molar-refractivity contribution >= 4 is 6.09 Å². The number of rotatable bonds is 3. The van der Waals surface area contributed by atoms with Crippen molar-refractivity contribution in [3.05, 3.63) is 30.2 Å². The average molecular weight is 402 g/mol. The predicted molar refractivity (Wildman–Crippen MR) is 108 cm³/mol. The molecule has 0 bridgehead atoms. The Morgan fingerprint density at radius 2 is 2.00 bits per heavy atom. The maximum Gasteiger partial charge on any atom is 0.410 e. The number of likely N-dealkylation sites (tertiary alicyclic amines) is 1. The molecule has 2 aliphatic heterocycles. The molecule has 2 saturated heterocycles. The molecule has 1 amide bonds. The van der Waals surface area contributed by atoms with Crippen molar-refractivity contribution in [1.82, 2.24) is 24.5 Å². The average Bonchev–Trinajstić information content (AvgIpc) is 3.37. The number of carbonyl (C=O) groups is 1. The van der Waals surface area contributed by atoms with Crippen LogP contribution in [0, 0.1) is 0 Å². The number of ether oxygens (including phenoxy) is 2. The van der Waals surface area contributed by atoms with Gasteiger partial charge in [-0.1, -0.05) is 0 Å². The Labute approximate surface area is 171 Å². The smallest absolute Gasteiger partial charge is 0.410 e. The van der Waals surface area contributed by atoms with Crippen LogP contribution in [-0.4, -0.2) is 49.3 Å². The van der Waals surface area contributed by atoms with Crippen molar-refractivity contribution in [2.24, 2.45) is 0 Å². The van der Waals surface area contributed by atoms with Crippen molar-refractivity contribution in [1.29, 1.82) is 0 Å². The van der Waals surface area contributed by atoms with Crippen molar-refractivity contribution in [3.63, 3.8) is 0 Å². The van der Waals surface area contributed by atoms with E-state index in [-0.39, 0.29) is 18.4 Å². The second-order valence-electron chi connectivity index (χ2n) is 8.86. The maximum absolute atomic E-state index is 12.7. The van der Waals surface area contributed by atoms with Crippen LogP contribution in [0.25, 0.3) is 5.82 Å². The van der Waals surface area contributed by atoms with Gasteiger partial charge in [0.2, 0.25) is 0 Å². The SMILES string of the molecule is CC(C)(C)OC(=O)N1CCCC[C@H]1c1cnn(-c2ccnn2C2CCCCO2)c1. The summed E-state index contributed by atoms with van der Waals surface area (Å²) in [6.07, 6.45) is 11.5. The molecule has 2 fully saturated rings. The van der Waals surface area contributed by atoms with E-state index in [1.54, 1.807) is 6.20 Å². The highest BCUT2D eigenvalue weighted by atomic mass is 16.6. The first kappa shape index (κ1) is 19.9. The van der Waals surface area contributed by atoms with Crippen molar-refractivity contribution < 1.29 is 14.3 Å². The first-order valence-electron chi connectivity index (χ1n) is 10.6. The standard InChI is InChI=1S/C21H31N5O3/c1-21(2,3)29-20(27)24-12-6-4-8-17(24)16-14-23-25(15-16)18-10-11-22-26(18)19-9-5-7-13-28-19/h10-11,14-15,17,19H,4-9,12-13H2,1-3H3/t17-,19?/m0/s1. The normalized spacial score (nSPS) is 23.2. The lowest BCUT2D eigenvalue weighted by Crippen LogP contribution is -2.41. The number of hydrogen-bond donors (Lipinski definition) is 0. The van der Waals surface area contributed by atoms with Gasteiger partial charge in [0, 0.05) is 31.0 Å². The van der Waals surface area contributed by atoms with Gasteiger partial charge in [-0.15, -0.1) is 0 Å². The Kier molecular flexibility index (Phi) is 5.63. The van der Waals surface area contributed by atoms with Gasteiger partial charge in [0.05, 0.1) is 18.4 Å². The molecule has 2 atom stereocenters. The molecule has 8 heteroatoms. The fraction of sp³-hybridized carbons (Fsp3) is 0.667. The van der Waals surface area contributed by atoms with E-state index in [9.17, 15) is 4.79 Å². The number of aromatic nitrogens is 4. The van der Waals surface area contributed by atoms with E-state index in [2.05, 4.69) is 10.2 Å². The molecule has 4 heterocycles. The van der Waals surface area contributed by atoms with Gasteiger partial charge < -0.3 is 14.4 Å². The monoisotopic (exact) mass is 401 g/mol. The third kappa shape index (κ3) is 4.47. The predicted octanol–water partition coefficient (Wildman–Crippen LogP) is 4.23. The summed E-state index contributed by atoms with van der Waals surface area (Å²) < 4.78 is 15.3. The summed E-state index contributed by atoms with van der Waals surface area (Å²) in [5.41, 5.74) is 0.517. The molecule has 2 aromatic heterocycles. The number of amides is 1. The van der Waals surface area contributed by atoms with E-state index in [1.165, 1.54) is 0 Å². The minimum absolute atomic E-state index is 0.0188. The summed E-state index contributed by atoms with van der Waals surface area (Å²) in [4.78, 5) is 14.6. The molecule has 158 valence electrons. The third-order valence-corrected chi connectivity index (χ3v) is 5.43. The highest BCUT2D eigenvalue weighted by molar-refractivity contribution is 5.69. The lowest BCUT2D eigenvalue weighted by molar-refractivity contribution is -0.0396. The summed E-state index contributed by atoms with van der Waals surface area (Å²) in [5.74, 6) is 0.878. The summed E-state index contributed by atoms with van der Waals surface area (Å²) in [6.45, 7) is 7.17. The summed E-state index contributed by atoms with van der Waals surface area (Å²) in [7, 11) is 0. The number of carbonyl (C=O) groups excluding carboxylic acids is 1. The van der Waals surface area contributed by atoms with Crippen LogP contribution in [0.15, 0.2) is 24.7 Å². The Bertz CT molecular complexity index is 831. The van der Waals surface area contributed by atoms with Gasteiger partial charge in [-0.05, 0) is 59.3 Å². The fourth-order valence-electron chi connectivity index (χ4n) is 4.08. The second-order valence-corrected chi connectivity index (χ2v) is 8.86. The molecule has 2 aliphatic rings. The van der Waals surface area contributed by atoms with Gasteiger partial charge >= 0.3 is 6.09 Å². The van der Waals surface area contributed by atoms with Crippen LogP contribution in [0.1, 0.15) is 77.1 Å². The lowest BCUT2D eigenvalue weighted by atomic mass is 9.98. The topological polar surface area (TPSA) is 74.4 Å². The lowest BCUT2D eigenvalue weighted by Gasteiger charge is -2.36. The number of piperidine rings is 1. The first-order chi connectivity index (χ1) is 13.9. The van der Waals surface area contributed by atoms with E-state index in [0.29, 0.717) is 6.54 Å². The van der Waals surface area contributed by atoms with Crippen LogP contribution in [0.4, 0.5) is 4.79 Å². The van der Waals surface area contributed by atoms with Crippen molar-refractivity contribution in [2.75, 3.05) is 13.2 Å². The molecular weight excluding hydrogens is 370 g/mol. The van der Waals surface area contributed by atoms with Crippen LogP contribution >= 0.6 is 0 Å². The van der Waals surface area contributed by atoms with Gasteiger partial charge in [-0.25, -0.2) is 14.2 Å². The Morgan fingerprint density at radius 1 is 1.17 bits per heavy atom. The largest absolute Gasteiger partial charge is 0.444 e. The fourth-order valence-corrected chi connectivity index (χ4v) is 4.08. The molecule has 8 nitrogen and oxygen atoms in total. The Balaban J connectivity index is 1.55. The molecule has 4 rings (SSSR count). The molecule has 0 aliphatic carbocycles. The Hall–Kier alpha value is -2.35. The molecular formula is C21H31N5O3. The van der Waals surface area contributed by atoms with Crippen LogP contribution in [-0.2, 0) is 9.47 Å². The second kappa shape index (κ2) is 8.18. The zero-order chi connectivity index (χ0) is 20.4. The van der Waals surface area contributed by atoms with Gasteiger partial charge in [0.15, 0.2) is 12.0 Å². The molecule has 29 heavy (non-hydrogen) atoms. The summed E-state index contributed by atoms with van der Waals surface area (Å²) >= 11 is 0. The van der Waals surface area contributed by atoms with Crippen LogP contribution in [0.3, 0.4) is 0 Å². The molecule has 0 radical (unpaired) electrons. The third-order valence-electron chi connectivity index (χ3n) is 5.43. The van der Waals surface area contributed by atoms with Gasteiger partial charge in [-0.2, -0.15) is 10.2 Å². The zero-order valence-corrected chi connectivity index (χ0v) is 17.6. The maximum atomic E-state index is 12.7. The van der Waals surface area contributed by atoms with Gasteiger partial charge in [-0.3, -0.25) is 0 Å². The van der Waals surface area contributed by atoms with E-state index in [1.807, 2.05) is 53.5 Å². The van der Waals surface area contributed by atoms with Gasteiger partial charge in [0.25, 0.3) is 0 Å². The number of nitrogens with zero attached hydrogens (tertiary/aromatic N) is 5. The number of hydrogen-bond acceptors (Lipinski definition) is 5. The van der Waals surface area contributed by atoms with E-state index in [0.717, 1.165) is 56.5 Å².